The Balaban J connectivity index is 1.75. The molecule has 0 spiro atoms. The molecule has 10 heteroatoms. The van der Waals surface area contributed by atoms with E-state index in [-0.39, 0.29) is 17.9 Å². The van der Waals surface area contributed by atoms with Crippen LogP contribution in [0, 0.1) is 0 Å². The van der Waals surface area contributed by atoms with E-state index in [1.807, 2.05) is 13.8 Å². The van der Waals surface area contributed by atoms with E-state index in [0.717, 1.165) is 10.4 Å². The molecule has 1 aliphatic heterocycles. The van der Waals surface area contributed by atoms with E-state index in [1.54, 1.807) is 19.1 Å². The fraction of sp³-hybridized carbons (Fsp3) is 0.350. The number of ether oxygens (including phenoxy) is 2. The molecule has 9 nitrogen and oxygen atoms in total. The normalized spacial score (nSPS) is 14.4. The van der Waals surface area contributed by atoms with Gasteiger partial charge in [0.2, 0.25) is 0 Å². The fourth-order valence-corrected chi connectivity index (χ4v) is 4.16. The molecule has 3 rings (SSSR count). The van der Waals surface area contributed by atoms with E-state index in [0.29, 0.717) is 23.6 Å². The van der Waals surface area contributed by atoms with Crippen LogP contribution in [0.4, 0.5) is 9.80 Å². The van der Waals surface area contributed by atoms with Crippen LogP contribution in [-0.4, -0.2) is 35.2 Å². The van der Waals surface area contributed by atoms with Gasteiger partial charge in [0.1, 0.15) is 10.8 Å². The molecule has 4 N–H and O–H groups in total. The Morgan fingerprint density at radius 3 is 2.67 bits per heavy atom. The number of para-hydroxylation sites is 1. The highest BCUT2D eigenvalue weighted by Gasteiger charge is 2.34. The first kappa shape index (κ1) is 21.6. The summed E-state index contributed by atoms with van der Waals surface area (Å²) in [4.78, 5) is 37.8. The van der Waals surface area contributed by atoms with Crippen LogP contribution in [0.1, 0.15) is 51.9 Å². The number of phenols is 1. The van der Waals surface area contributed by atoms with E-state index in [4.69, 9.17) is 9.47 Å². The molecule has 1 aromatic heterocycles. The first-order chi connectivity index (χ1) is 14.2. The number of thiophene rings is 1. The van der Waals surface area contributed by atoms with E-state index in [2.05, 4.69) is 16.2 Å². The number of benzene rings is 1. The number of hydrogen-bond acceptors (Lipinski definition) is 7. The smallest absolute Gasteiger partial charge is 0.341 e. The van der Waals surface area contributed by atoms with Crippen molar-refractivity contribution in [3.8, 4) is 5.75 Å². The Hall–Kier alpha value is -3.11. The number of anilines is 1. The summed E-state index contributed by atoms with van der Waals surface area (Å²) in [6.07, 6.45) is 0.500. The molecule has 0 atom stereocenters. The van der Waals surface area contributed by atoms with Crippen LogP contribution in [0.15, 0.2) is 24.3 Å². The summed E-state index contributed by atoms with van der Waals surface area (Å²) in [5.74, 6) is -1.42. The van der Waals surface area contributed by atoms with Gasteiger partial charge in [0, 0.05) is 11.3 Å². The number of esters is 1. The van der Waals surface area contributed by atoms with Gasteiger partial charge in [0.05, 0.1) is 29.9 Å². The lowest BCUT2D eigenvalue weighted by molar-refractivity contribution is -0.0384. The minimum absolute atomic E-state index is 0.0102. The third kappa shape index (κ3) is 4.71. The van der Waals surface area contributed by atoms with Crippen molar-refractivity contribution in [1.29, 1.82) is 0 Å². The summed E-state index contributed by atoms with van der Waals surface area (Å²) in [5.41, 5.74) is 5.09. The highest BCUT2D eigenvalue weighted by Crippen LogP contribution is 2.40. The van der Waals surface area contributed by atoms with Crippen LogP contribution >= 0.6 is 11.3 Å². The lowest BCUT2D eigenvalue weighted by Gasteiger charge is -2.30. The molecule has 1 aromatic carbocycles. The van der Waals surface area contributed by atoms with Crippen molar-refractivity contribution >= 4 is 34.2 Å². The van der Waals surface area contributed by atoms with Gasteiger partial charge in [-0.3, -0.25) is 15.5 Å². The van der Waals surface area contributed by atoms with Crippen molar-refractivity contribution in [3.05, 3.63) is 45.8 Å². The van der Waals surface area contributed by atoms with Gasteiger partial charge in [0.15, 0.2) is 0 Å². The molecule has 0 saturated heterocycles. The number of urea groups is 1. The minimum atomic E-state index is -0.747. The van der Waals surface area contributed by atoms with Gasteiger partial charge < -0.3 is 14.6 Å². The van der Waals surface area contributed by atoms with Gasteiger partial charge in [0.25, 0.3) is 5.91 Å². The minimum Gasteiger partial charge on any atom is -0.507 e. The number of fused-ring (bicyclic) bond motifs is 1. The zero-order chi connectivity index (χ0) is 21.9. The first-order valence-electron chi connectivity index (χ1n) is 9.32. The van der Waals surface area contributed by atoms with Crippen molar-refractivity contribution in [1.82, 2.24) is 10.9 Å². The van der Waals surface area contributed by atoms with Crippen molar-refractivity contribution in [3.63, 3.8) is 0 Å². The highest BCUT2D eigenvalue weighted by atomic mass is 32.1. The van der Waals surface area contributed by atoms with Gasteiger partial charge in [-0.05, 0) is 38.5 Å². The first-order valence-corrected chi connectivity index (χ1v) is 10.1. The Morgan fingerprint density at radius 2 is 1.97 bits per heavy atom. The average Bonchev–Trinajstić information content (AvgIpc) is 3.02. The maximum absolute atomic E-state index is 12.6. The van der Waals surface area contributed by atoms with Crippen molar-refractivity contribution in [2.24, 2.45) is 0 Å². The molecule has 0 aliphatic carbocycles. The summed E-state index contributed by atoms with van der Waals surface area (Å²) in [6, 6.07) is 5.19. The lowest BCUT2D eigenvalue weighted by atomic mass is 9.93. The SMILES string of the molecule is CCOC(=O)c1c(NC(=O)NNC(=O)c2ccccc2O)sc2c1CC(C)(C)OC2. The zero-order valence-electron chi connectivity index (χ0n) is 16.8. The number of rotatable bonds is 4. The number of nitrogens with one attached hydrogen (secondary N) is 3. The number of carbonyl (C=O) groups is 3. The highest BCUT2D eigenvalue weighted by molar-refractivity contribution is 7.17. The maximum Gasteiger partial charge on any atom is 0.341 e. The molecule has 0 unspecified atom stereocenters. The summed E-state index contributed by atoms with van der Waals surface area (Å²) < 4.78 is 11.0. The Kier molecular flexibility index (Phi) is 6.28. The summed E-state index contributed by atoms with van der Waals surface area (Å²) in [7, 11) is 0. The van der Waals surface area contributed by atoms with Crippen LogP contribution in [0.5, 0.6) is 5.75 Å². The van der Waals surface area contributed by atoms with Gasteiger partial charge >= 0.3 is 12.0 Å². The molecule has 0 fully saturated rings. The Morgan fingerprint density at radius 1 is 1.23 bits per heavy atom. The van der Waals surface area contributed by atoms with Crippen molar-refractivity contribution in [2.45, 2.75) is 39.4 Å². The fourth-order valence-electron chi connectivity index (χ4n) is 3.04. The zero-order valence-corrected chi connectivity index (χ0v) is 17.6. The van der Waals surface area contributed by atoms with Gasteiger partial charge in [-0.15, -0.1) is 11.3 Å². The molecule has 0 saturated carbocycles. The maximum atomic E-state index is 12.6. The largest absolute Gasteiger partial charge is 0.507 e. The van der Waals surface area contributed by atoms with Crippen LogP contribution in [0.2, 0.25) is 0 Å². The topological polar surface area (TPSA) is 126 Å². The quantitative estimate of drug-likeness (QED) is 0.434. The molecular formula is C20H23N3O6S. The van der Waals surface area contributed by atoms with E-state index >= 15 is 0 Å². The second-order valence-corrected chi connectivity index (χ2v) is 8.31. The lowest BCUT2D eigenvalue weighted by Crippen LogP contribution is -2.44. The number of amides is 3. The second-order valence-electron chi connectivity index (χ2n) is 7.20. The molecule has 0 bridgehead atoms. The Bertz CT molecular complexity index is 985. The van der Waals surface area contributed by atoms with E-state index < -0.39 is 23.5 Å². The molecule has 0 radical (unpaired) electrons. The molecule has 160 valence electrons. The average molecular weight is 433 g/mol. The summed E-state index contributed by atoms with van der Waals surface area (Å²) in [5, 5.41) is 12.6. The van der Waals surface area contributed by atoms with Gasteiger partial charge in [-0.25, -0.2) is 15.0 Å². The van der Waals surface area contributed by atoms with Gasteiger partial charge in [-0.2, -0.15) is 0 Å². The van der Waals surface area contributed by atoms with Crippen molar-refractivity contribution < 1.29 is 29.0 Å². The molecule has 3 amide bonds. The van der Waals surface area contributed by atoms with Crippen LogP contribution < -0.4 is 16.2 Å². The monoisotopic (exact) mass is 433 g/mol. The van der Waals surface area contributed by atoms with Crippen LogP contribution in [0.3, 0.4) is 0 Å². The molecule has 2 aromatic rings. The predicted octanol–water partition coefficient (Wildman–Crippen LogP) is 2.95. The number of phenolic OH excluding ortho intramolecular Hbond substituents is 1. The van der Waals surface area contributed by atoms with Crippen LogP contribution in [-0.2, 0) is 22.5 Å². The molecule has 2 heterocycles. The molecule has 1 aliphatic rings. The standard InChI is InChI=1S/C20H23N3O6S/c1-4-28-18(26)15-12-9-20(2,3)29-10-14(12)30-17(15)21-19(27)23-22-16(25)11-7-5-6-8-13(11)24/h5-8,24H,4,9-10H2,1-3H3,(H,22,25)(H2,21,23,27). The number of carbonyl (C=O) groups excluding carboxylic acids is 3. The third-order valence-corrected chi connectivity index (χ3v) is 5.55. The van der Waals surface area contributed by atoms with Crippen molar-refractivity contribution in [2.75, 3.05) is 11.9 Å². The third-order valence-electron chi connectivity index (χ3n) is 4.43. The van der Waals surface area contributed by atoms with Gasteiger partial charge in [-0.1, -0.05) is 12.1 Å². The second kappa shape index (κ2) is 8.72. The number of hydrogen-bond donors (Lipinski definition) is 4. The Labute approximate surface area is 177 Å². The van der Waals surface area contributed by atoms with Crippen LogP contribution in [0.25, 0.3) is 0 Å². The molecule has 30 heavy (non-hydrogen) atoms. The van der Waals surface area contributed by atoms with E-state index in [1.165, 1.54) is 23.5 Å². The summed E-state index contributed by atoms with van der Waals surface area (Å²) >= 11 is 1.23. The van der Waals surface area contributed by atoms with E-state index in [9.17, 15) is 19.5 Å². The summed E-state index contributed by atoms with van der Waals surface area (Å²) in [6.45, 7) is 6.09. The number of hydrazine groups is 1. The molecular weight excluding hydrogens is 410 g/mol. The number of aromatic hydroxyl groups is 1. The predicted molar refractivity (Wildman–Crippen MR) is 111 cm³/mol.